The molecule has 0 N–H and O–H groups in total. The Morgan fingerprint density at radius 2 is 2.17 bits per heavy atom. The fourth-order valence-corrected chi connectivity index (χ4v) is 2.90. The van der Waals surface area contributed by atoms with E-state index in [1.807, 2.05) is 23.1 Å². The van der Waals surface area contributed by atoms with Crippen molar-refractivity contribution in [1.82, 2.24) is 4.90 Å². The lowest BCUT2D eigenvalue weighted by atomic mass is 9.99. The summed E-state index contributed by atoms with van der Waals surface area (Å²) >= 11 is 4.48. The van der Waals surface area contributed by atoms with Crippen LogP contribution in [0.1, 0.15) is 25.3 Å². The molecule has 0 radical (unpaired) electrons. The van der Waals surface area contributed by atoms with Crippen LogP contribution in [-0.2, 0) is 11.2 Å². The molecule has 0 saturated carbocycles. The molecule has 0 bridgehead atoms. The number of amides is 1. The van der Waals surface area contributed by atoms with Crippen molar-refractivity contribution in [3.05, 3.63) is 35.9 Å². The highest BCUT2D eigenvalue weighted by atomic mass is 32.1. The van der Waals surface area contributed by atoms with E-state index in [0.29, 0.717) is 12.3 Å². The van der Waals surface area contributed by atoms with Crippen molar-refractivity contribution in [2.75, 3.05) is 13.1 Å². The van der Waals surface area contributed by atoms with Gasteiger partial charge in [-0.1, -0.05) is 37.3 Å². The summed E-state index contributed by atoms with van der Waals surface area (Å²) in [6.45, 7) is 4.00. The number of carbonyl (C=O) groups is 1. The topological polar surface area (TPSA) is 20.3 Å². The number of rotatable bonds is 3. The molecule has 98 valence electrons. The minimum Gasteiger partial charge on any atom is -0.341 e. The standard InChI is InChI=1S/C15H21NOS/c1-12-6-5-9-16(11-12)15(17)14(18)10-13-7-3-2-4-8-13/h2-4,7-8,12,14,18H,5-6,9-11H2,1H3. The number of piperidine rings is 1. The lowest BCUT2D eigenvalue weighted by molar-refractivity contribution is -0.132. The molecular weight excluding hydrogens is 242 g/mol. The van der Waals surface area contributed by atoms with E-state index in [4.69, 9.17) is 0 Å². The van der Waals surface area contributed by atoms with Gasteiger partial charge in [-0.2, -0.15) is 12.6 Å². The molecule has 1 aromatic carbocycles. The molecule has 1 amide bonds. The maximum Gasteiger partial charge on any atom is 0.235 e. The summed E-state index contributed by atoms with van der Waals surface area (Å²) in [5.41, 5.74) is 1.18. The van der Waals surface area contributed by atoms with Crippen LogP contribution in [0, 0.1) is 5.92 Å². The molecule has 1 saturated heterocycles. The van der Waals surface area contributed by atoms with Gasteiger partial charge in [0, 0.05) is 13.1 Å². The lowest BCUT2D eigenvalue weighted by Gasteiger charge is -2.32. The Labute approximate surface area is 115 Å². The molecule has 3 heteroatoms. The molecule has 2 unspecified atom stereocenters. The van der Waals surface area contributed by atoms with Crippen LogP contribution in [0.2, 0.25) is 0 Å². The van der Waals surface area contributed by atoms with Gasteiger partial charge in [-0.05, 0) is 30.7 Å². The van der Waals surface area contributed by atoms with Crippen molar-refractivity contribution >= 4 is 18.5 Å². The van der Waals surface area contributed by atoms with Crippen molar-refractivity contribution < 1.29 is 4.79 Å². The highest BCUT2D eigenvalue weighted by molar-refractivity contribution is 7.81. The van der Waals surface area contributed by atoms with Gasteiger partial charge < -0.3 is 4.90 Å². The van der Waals surface area contributed by atoms with Crippen LogP contribution < -0.4 is 0 Å². The van der Waals surface area contributed by atoms with E-state index in [1.165, 1.54) is 12.0 Å². The van der Waals surface area contributed by atoms with E-state index in [9.17, 15) is 4.79 Å². The summed E-state index contributed by atoms with van der Waals surface area (Å²) in [6, 6.07) is 10.1. The van der Waals surface area contributed by atoms with E-state index in [2.05, 4.69) is 31.7 Å². The van der Waals surface area contributed by atoms with Gasteiger partial charge in [0.1, 0.15) is 0 Å². The quantitative estimate of drug-likeness (QED) is 0.832. The summed E-state index contributed by atoms with van der Waals surface area (Å²) in [5, 5.41) is -0.210. The molecule has 1 aliphatic heterocycles. The predicted molar refractivity (Wildman–Crippen MR) is 77.9 cm³/mol. The first-order valence-electron chi connectivity index (χ1n) is 6.67. The summed E-state index contributed by atoms with van der Waals surface area (Å²) in [4.78, 5) is 14.3. The van der Waals surface area contributed by atoms with Gasteiger partial charge in [0.2, 0.25) is 5.91 Å². The van der Waals surface area contributed by atoms with Gasteiger partial charge in [-0.25, -0.2) is 0 Å². The Morgan fingerprint density at radius 1 is 1.44 bits per heavy atom. The number of hydrogen-bond donors (Lipinski definition) is 1. The van der Waals surface area contributed by atoms with E-state index >= 15 is 0 Å². The van der Waals surface area contributed by atoms with Crippen LogP contribution in [0.4, 0.5) is 0 Å². The van der Waals surface area contributed by atoms with Crippen LogP contribution in [0.5, 0.6) is 0 Å². The summed E-state index contributed by atoms with van der Waals surface area (Å²) in [6.07, 6.45) is 3.08. The molecule has 18 heavy (non-hydrogen) atoms. The van der Waals surface area contributed by atoms with Crippen LogP contribution in [0.15, 0.2) is 30.3 Å². The van der Waals surface area contributed by atoms with Gasteiger partial charge in [0.25, 0.3) is 0 Å². The third kappa shape index (κ3) is 3.52. The molecular formula is C15H21NOS. The molecule has 0 spiro atoms. The average molecular weight is 263 g/mol. The molecule has 1 aromatic rings. The Kier molecular flexibility index (Phi) is 4.70. The molecule has 1 heterocycles. The maximum atomic E-state index is 12.3. The van der Waals surface area contributed by atoms with Crippen molar-refractivity contribution in [1.29, 1.82) is 0 Å². The van der Waals surface area contributed by atoms with Crippen LogP contribution in [0.3, 0.4) is 0 Å². The first-order chi connectivity index (χ1) is 8.66. The van der Waals surface area contributed by atoms with Gasteiger partial charge in [0.05, 0.1) is 5.25 Å². The van der Waals surface area contributed by atoms with Crippen LogP contribution in [0.25, 0.3) is 0 Å². The van der Waals surface area contributed by atoms with Crippen LogP contribution in [-0.4, -0.2) is 29.1 Å². The summed E-state index contributed by atoms with van der Waals surface area (Å²) in [5.74, 6) is 0.814. The summed E-state index contributed by atoms with van der Waals surface area (Å²) in [7, 11) is 0. The smallest absolute Gasteiger partial charge is 0.235 e. The third-order valence-corrected chi connectivity index (χ3v) is 3.93. The van der Waals surface area contributed by atoms with Crippen LogP contribution >= 0.6 is 12.6 Å². The second-order valence-corrected chi connectivity index (χ2v) is 5.86. The normalized spacial score (nSPS) is 21.7. The monoisotopic (exact) mass is 263 g/mol. The molecule has 0 aromatic heterocycles. The van der Waals surface area contributed by atoms with E-state index in [0.717, 1.165) is 19.5 Å². The Morgan fingerprint density at radius 3 is 2.83 bits per heavy atom. The second kappa shape index (κ2) is 6.28. The molecule has 2 atom stereocenters. The zero-order valence-electron chi connectivity index (χ0n) is 10.9. The van der Waals surface area contributed by atoms with Crippen molar-refractivity contribution in [3.63, 3.8) is 0 Å². The molecule has 1 aliphatic rings. The second-order valence-electron chi connectivity index (χ2n) is 5.24. The highest BCUT2D eigenvalue weighted by Crippen LogP contribution is 2.18. The highest BCUT2D eigenvalue weighted by Gasteiger charge is 2.25. The molecule has 2 rings (SSSR count). The van der Waals surface area contributed by atoms with Gasteiger partial charge in [-0.15, -0.1) is 0 Å². The van der Waals surface area contributed by atoms with Crippen molar-refractivity contribution in [3.8, 4) is 0 Å². The van der Waals surface area contributed by atoms with Crippen molar-refractivity contribution in [2.24, 2.45) is 5.92 Å². The number of nitrogens with zero attached hydrogens (tertiary/aromatic N) is 1. The fourth-order valence-electron chi connectivity index (χ4n) is 2.52. The van der Waals surface area contributed by atoms with Gasteiger partial charge in [-0.3, -0.25) is 4.79 Å². The number of likely N-dealkylation sites (tertiary alicyclic amines) is 1. The molecule has 2 nitrogen and oxygen atoms in total. The first kappa shape index (κ1) is 13.5. The summed E-state index contributed by atoms with van der Waals surface area (Å²) < 4.78 is 0. The molecule has 0 aliphatic carbocycles. The van der Waals surface area contributed by atoms with Gasteiger partial charge in [0.15, 0.2) is 0 Å². The van der Waals surface area contributed by atoms with Gasteiger partial charge >= 0.3 is 0 Å². The minimum atomic E-state index is -0.210. The fraction of sp³-hybridized carbons (Fsp3) is 0.533. The largest absolute Gasteiger partial charge is 0.341 e. The number of thiol groups is 1. The third-order valence-electron chi connectivity index (χ3n) is 3.53. The van der Waals surface area contributed by atoms with Crippen molar-refractivity contribution in [2.45, 2.75) is 31.4 Å². The van der Waals surface area contributed by atoms with E-state index in [-0.39, 0.29) is 11.2 Å². The average Bonchev–Trinajstić information content (AvgIpc) is 2.39. The van der Waals surface area contributed by atoms with E-state index < -0.39 is 0 Å². The minimum absolute atomic E-state index is 0.189. The SMILES string of the molecule is CC1CCCN(C(=O)C(S)Cc2ccccc2)C1. The number of hydrogen-bond acceptors (Lipinski definition) is 2. The number of benzene rings is 1. The zero-order chi connectivity index (χ0) is 13.0. The Hall–Kier alpha value is -0.960. The lowest BCUT2D eigenvalue weighted by Crippen LogP contribution is -2.43. The Bertz CT molecular complexity index is 393. The zero-order valence-corrected chi connectivity index (χ0v) is 11.8. The Balaban J connectivity index is 1.92. The maximum absolute atomic E-state index is 12.3. The predicted octanol–water partition coefficient (Wildman–Crippen LogP) is 2.79. The number of carbonyl (C=O) groups excluding carboxylic acids is 1. The first-order valence-corrected chi connectivity index (χ1v) is 7.19. The molecule has 1 fully saturated rings. The van der Waals surface area contributed by atoms with E-state index in [1.54, 1.807) is 0 Å².